The first-order valence-corrected chi connectivity index (χ1v) is 6.02. The van der Waals surface area contributed by atoms with Crippen molar-refractivity contribution in [3.63, 3.8) is 0 Å². The van der Waals surface area contributed by atoms with E-state index in [0.717, 1.165) is 0 Å². The van der Waals surface area contributed by atoms with E-state index >= 15 is 0 Å². The van der Waals surface area contributed by atoms with Crippen molar-refractivity contribution in [3.05, 3.63) is 23.8 Å². The van der Waals surface area contributed by atoms with Gasteiger partial charge in [0.15, 0.2) is 11.5 Å². The van der Waals surface area contributed by atoms with E-state index in [1.165, 1.54) is 30.2 Å². The molecule has 1 aromatic carbocycles. The van der Waals surface area contributed by atoms with Gasteiger partial charge in [-0.25, -0.2) is 0 Å². The molecular formula is C13H19ClF2N2O3. The normalized spacial score (nSPS) is 10.0. The number of alkyl halides is 2. The second-order valence-corrected chi connectivity index (χ2v) is 4.07. The lowest BCUT2D eigenvalue weighted by molar-refractivity contribution is -0.0512. The Bertz CT molecular complexity index is 461. The maximum atomic E-state index is 12.3. The number of rotatable bonds is 7. The second-order valence-electron chi connectivity index (χ2n) is 4.07. The van der Waals surface area contributed by atoms with Gasteiger partial charge in [-0.15, -0.1) is 12.4 Å². The lowest BCUT2D eigenvalue weighted by Gasteiger charge is -2.18. The van der Waals surface area contributed by atoms with Gasteiger partial charge in [0, 0.05) is 25.7 Å². The van der Waals surface area contributed by atoms with Crippen molar-refractivity contribution in [2.75, 3.05) is 34.3 Å². The number of hydrogen-bond acceptors (Lipinski definition) is 4. The number of ether oxygens (including phenoxy) is 2. The quantitative estimate of drug-likeness (QED) is 0.833. The molecule has 21 heavy (non-hydrogen) atoms. The van der Waals surface area contributed by atoms with Crippen LogP contribution in [-0.4, -0.2) is 51.7 Å². The molecule has 8 heteroatoms. The summed E-state index contributed by atoms with van der Waals surface area (Å²) in [7, 11) is 4.76. The standard InChI is InChI=1S/C13H18F2N2O3.ClH/c1-16-6-7-17(2)12(18)9-4-5-10(19-3)11(8-9)20-13(14)15;/h4-5,8,13,16H,6-7H2,1-3H3;1H. The van der Waals surface area contributed by atoms with E-state index in [4.69, 9.17) is 4.74 Å². The van der Waals surface area contributed by atoms with Gasteiger partial charge < -0.3 is 19.7 Å². The largest absolute Gasteiger partial charge is 0.493 e. The highest BCUT2D eigenvalue weighted by atomic mass is 35.5. The number of nitrogens with zero attached hydrogens (tertiary/aromatic N) is 1. The molecule has 0 aromatic heterocycles. The first-order valence-electron chi connectivity index (χ1n) is 6.02. The summed E-state index contributed by atoms with van der Waals surface area (Å²) in [6.45, 7) is -1.83. The first-order chi connectivity index (χ1) is 9.49. The van der Waals surface area contributed by atoms with Crippen molar-refractivity contribution < 1.29 is 23.0 Å². The lowest BCUT2D eigenvalue weighted by atomic mass is 10.1. The minimum Gasteiger partial charge on any atom is -0.493 e. The number of carbonyl (C=O) groups excluding carboxylic acids is 1. The maximum absolute atomic E-state index is 12.3. The molecule has 0 atom stereocenters. The molecule has 0 saturated carbocycles. The van der Waals surface area contributed by atoms with Crippen LogP contribution in [0.4, 0.5) is 8.78 Å². The number of methoxy groups -OCH3 is 1. The topological polar surface area (TPSA) is 50.8 Å². The Morgan fingerprint density at radius 1 is 1.38 bits per heavy atom. The van der Waals surface area contributed by atoms with Gasteiger partial charge in [0.2, 0.25) is 0 Å². The molecule has 1 aromatic rings. The van der Waals surface area contributed by atoms with Gasteiger partial charge in [0.05, 0.1) is 7.11 Å². The van der Waals surface area contributed by atoms with E-state index in [1.807, 2.05) is 0 Å². The van der Waals surface area contributed by atoms with E-state index in [9.17, 15) is 13.6 Å². The summed E-state index contributed by atoms with van der Waals surface area (Å²) in [6.07, 6.45) is 0. The Balaban J connectivity index is 0.00000400. The van der Waals surface area contributed by atoms with Crippen LogP contribution in [0.15, 0.2) is 18.2 Å². The molecule has 0 aliphatic carbocycles. The van der Waals surface area contributed by atoms with E-state index in [0.29, 0.717) is 13.1 Å². The summed E-state index contributed by atoms with van der Waals surface area (Å²) in [5.41, 5.74) is 0.264. The summed E-state index contributed by atoms with van der Waals surface area (Å²) in [5.74, 6) is -0.280. The highest BCUT2D eigenvalue weighted by Crippen LogP contribution is 2.29. The van der Waals surface area contributed by atoms with E-state index in [-0.39, 0.29) is 35.4 Å². The molecule has 1 N–H and O–H groups in total. The third-order valence-electron chi connectivity index (χ3n) is 2.67. The van der Waals surface area contributed by atoms with Gasteiger partial charge in [-0.05, 0) is 25.2 Å². The molecule has 5 nitrogen and oxygen atoms in total. The predicted octanol–water partition coefficient (Wildman–Crippen LogP) is 2.01. The lowest BCUT2D eigenvalue weighted by Crippen LogP contribution is -2.32. The monoisotopic (exact) mass is 324 g/mol. The SMILES string of the molecule is CNCCN(C)C(=O)c1ccc(OC)c(OC(F)F)c1.Cl. The highest BCUT2D eigenvalue weighted by Gasteiger charge is 2.16. The van der Waals surface area contributed by atoms with Gasteiger partial charge in [-0.1, -0.05) is 0 Å². The van der Waals surface area contributed by atoms with Gasteiger partial charge in [-0.3, -0.25) is 4.79 Å². The molecule has 0 aliphatic heterocycles. The summed E-state index contributed by atoms with van der Waals surface area (Å²) in [6, 6.07) is 4.19. The summed E-state index contributed by atoms with van der Waals surface area (Å²) in [4.78, 5) is 13.6. The number of halogens is 3. The van der Waals surface area contributed by atoms with Crippen LogP contribution in [0.25, 0.3) is 0 Å². The Labute approximate surface area is 128 Å². The molecule has 0 saturated heterocycles. The summed E-state index contributed by atoms with van der Waals surface area (Å²) >= 11 is 0. The Kier molecular flexibility index (Phi) is 8.64. The average Bonchev–Trinajstić information content (AvgIpc) is 2.43. The van der Waals surface area contributed by atoms with Crippen molar-refractivity contribution >= 4 is 18.3 Å². The molecule has 120 valence electrons. The minimum atomic E-state index is -2.98. The van der Waals surface area contributed by atoms with Gasteiger partial charge in [-0.2, -0.15) is 8.78 Å². The maximum Gasteiger partial charge on any atom is 0.387 e. The summed E-state index contributed by atoms with van der Waals surface area (Å²) < 4.78 is 33.9. The van der Waals surface area contributed by atoms with Crippen LogP contribution in [0.5, 0.6) is 11.5 Å². The van der Waals surface area contributed by atoms with Crippen LogP contribution < -0.4 is 14.8 Å². The fraction of sp³-hybridized carbons (Fsp3) is 0.462. The fourth-order valence-electron chi connectivity index (χ4n) is 1.60. The molecule has 1 rings (SSSR count). The Hall–Kier alpha value is -1.60. The van der Waals surface area contributed by atoms with Crippen LogP contribution in [0.3, 0.4) is 0 Å². The van der Waals surface area contributed by atoms with E-state index < -0.39 is 6.61 Å². The number of hydrogen-bond donors (Lipinski definition) is 1. The molecule has 0 spiro atoms. The van der Waals surface area contributed by atoms with Crippen LogP contribution in [0.1, 0.15) is 10.4 Å². The third kappa shape index (κ3) is 5.73. The smallest absolute Gasteiger partial charge is 0.387 e. The van der Waals surface area contributed by atoms with Gasteiger partial charge >= 0.3 is 6.61 Å². The fourth-order valence-corrected chi connectivity index (χ4v) is 1.60. The van der Waals surface area contributed by atoms with Crippen molar-refractivity contribution in [1.29, 1.82) is 0 Å². The second kappa shape index (κ2) is 9.36. The zero-order chi connectivity index (χ0) is 15.1. The van der Waals surface area contributed by atoms with Crippen molar-refractivity contribution in [1.82, 2.24) is 10.2 Å². The molecule has 0 radical (unpaired) electrons. The van der Waals surface area contributed by atoms with Crippen LogP contribution in [-0.2, 0) is 0 Å². The summed E-state index contributed by atoms with van der Waals surface area (Å²) in [5, 5.41) is 2.92. The van der Waals surface area contributed by atoms with Gasteiger partial charge in [0.1, 0.15) is 0 Å². The molecular weight excluding hydrogens is 306 g/mol. The zero-order valence-corrected chi connectivity index (χ0v) is 12.9. The molecule has 1 amide bonds. The highest BCUT2D eigenvalue weighted by molar-refractivity contribution is 5.94. The van der Waals surface area contributed by atoms with Crippen LogP contribution >= 0.6 is 12.4 Å². The number of likely N-dealkylation sites (N-methyl/N-ethyl adjacent to an activating group) is 2. The van der Waals surface area contributed by atoms with Crippen LogP contribution in [0.2, 0.25) is 0 Å². The van der Waals surface area contributed by atoms with Crippen molar-refractivity contribution in [2.45, 2.75) is 6.61 Å². The zero-order valence-electron chi connectivity index (χ0n) is 12.1. The Morgan fingerprint density at radius 3 is 2.57 bits per heavy atom. The molecule has 0 aliphatic rings. The number of carbonyl (C=O) groups is 1. The number of benzene rings is 1. The Morgan fingerprint density at radius 2 is 2.05 bits per heavy atom. The number of nitrogens with one attached hydrogen (secondary N) is 1. The molecule has 0 bridgehead atoms. The van der Waals surface area contributed by atoms with E-state index in [1.54, 1.807) is 14.1 Å². The third-order valence-corrected chi connectivity index (χ3v) is 2.67. The van der Waals surface area contributed by atoms with Gasteiger partial charge in [0.25, 0.3) is 5.91 Å². The molecule has 0 heterocycles. The predicted molar refractivity (Wildman–Crippen MR) is 77.8 cm³/mol. The van der Waals surface area contributed by atoms with Crippen molar-refractivity contribution in [2.24, 2.45) is 0 Å². The van der Waals surface area contributed by atoms with Crippen LogP contribution in [0, 0.1) is 0 Å². The van der Waals surface area contributed by atoms with Crippen molar-refractivity contribution in [3.8, 4) is 11.5 Å². The first kappa shape index (κ1) is 19.4. The average molecular weight is 325 g/mol. The van der Waals surface area contributed by atoms with E-state index in [2.05, 4.69) is 10.1 Å². The molecule has 0 unspecified atom stereocenters. The number of amides is 1. The molecule has 0 fully saturated rings. The minimum absolute atomic E-state index is 0.